The molecular formula is C14H22N2O3. The van der Waals surface area contributed by atoms with Crippen molar-refractivity contribution in [3.05, 3.63) is 24.3 Å². The number of ether oxygens (including phenoxy) is 1. The number of aliphatic hydroxyl groups excluding tert-OH is 1. The molecule has 1 aromatic rings. The third-order valence-electron chi connectivity index (χ3n) is 2.68. The Bertz CT molecular complexity index is 419. The van der Waals surface area contributed by atoms with Crippen LogP contribution in [0.5, 0.6) is 5.75 Å². The van der Waals surface area contributed by atoms with Gasteiger partial charge in [0.05, 0.1) is 18.7 Å². The number of anilines is 1. The number of primary amides is 1. The van der Waals surface area contributed by atoms with Gasteiger partial charge in [-0.2, -0.15) is 0 Å². The van der Waals surface area contributed by atoms with Crippen LogP contribution in [0.15, 0.2) is 24.3 Å². The first-order valence-electron chi connectivity index (χ1n) is 6.29. The van der Waals surface area contributed by atoms with Crippen molar-refractivity contribution >= 4 is 11.6 Å². The highest BCUT2D eigenvalue weighted by Crippen LogP contribution is 2.25. The molecule has 0 saturated carbocycles. The van der Waals surface area contributed by atoms with Crippen molar-refractivity contribution in [3.63, 3.8) is 0 Å². The van der Waals surface area contributed by atoms with E-state index < -0.39 is 0 Å². The summed E-state index contributed by atoms with van der Waals surface area (Å²) in [5.41, 5.74) is 5.70. The van der Waals surface area contributed by atoms with E-state index in [0.717, 1.165) is 5.69 Å². The number of carbonyl (C=O) groups excluding carboxylic acids is 1. The van der Waals surface area contributed by atoms with Gasteiger partial charge in [-0.1, -0.05) is 26.0 Å². The molecule has 19 heavy (non-hydrogen) atoms. The molecule has 1 aromatic carbocycles. The zero-order valence-corrected chi connectivity index (χ0v) is 11.5. The topological polar surface area (TPSA) is 84.6 Å². The first kappa shape index (κ1) is 15.3. The van der Waals surface area contributed by atoms with Crippen molar-refractivity contribution in [1.82, 2.24) is 0 Å². The summed E-state index contributed by atoms with van der Waals surface area (Å²) < 4.78 is 5.52. The highest BCUT2D eigenvalue weighted by Gasteiger charge is 2.16. The Kier molecular flexibility index (Phi) is 5.63. The van der Waals surface area contributed by atoms with E-state index in [1.54, 1.807) is 0 Å². The number of rotatable bonds is 8. The zero-order chi connectivity index (χ0) is 14.3. The standard InChI is InChI=1S/C14H22N2O3/c1-14(2,10-17)9-16-11-5-3-4-6-12(11)19-8-7-13(15)18/h3-6,16-17H,7-10H2,1-2H3,(H2,15,18). The van der Waals surface area contributed by atoms with Gasteiger partial charge in [0, 0.05) is 18.6 Å². The van der Waals surface area contributed by atoms with E-state index in [1.165, 1.54) is 0 Å². The minimum Gasteiger partial charge on any atom is -0.491 e. The van der Waals surface area contributed by atoms with E-state index in [1.807, 2.05) is 38.1 Å². The van der Waals surface area contributed by atoms with Gasteiger partial charge in [0.1, 0.15) is 5.75 Å². The Hall–Kier alpha value is -1.75. The van der Waals surface area contributed by atoms with Crippen LogP contribution in [0.4, 0.5) is 5.69 Å². The van der Waals surface area contributed by atoms with Gasteiger partial charge < -0.3 is 20.9 Å². The second-order valence-corrected chi connectivity index (χ2v) is 5.24. The maximum Gasteiger partial charge on any atom is 0.220 e. The van der Waals surface area contributed by atoms with Crippen molar-refractivity contribution in [2.75, 3.05) is 25.1 Å². The highest BCUT2D eigenvalue weighted by molar-refractivity contribution is 5.73. The van der Waals surface area contributed by atoms with Gasteiger partial charge in [0.2, 0.25) is 5.91 Å². The number of para-hydroxylation sites is 2. The van der Waals surface area contributed by atoms with E-state index in [2.05, 4.69) is 5.32 Å². The molecule has 0 heterocycles. The predicted molar refractivity (Wildman–Crippen MR) is 75.1 cm³/mol. The van der Waals surface area contributed by atoms with Gasteiger partial charge in [-0.25, -0.2) is 0 Å². The summed E-state index contributed by atoms with van der Waals surface area (Å²) in [6.07, 6.45) is 0.191. The third-order valence-corrected chi connectivity index (χ3v) is 2.68. The molecule has 0 aliphatic carbocycles. The van der Waals surface area contributed by atoms with Crippen molar-refractivity contribution in [2.45, 2.75) is 20.3 Å². The lowest BCUT2D eigenvalue weighted by Crippen LogP contribution is -2.27. The minimum atomic E-state index is -0.383. The molecule has 0 unspecified atom stereocenters. The van der Waals surface area contributed by atoms with Gasteiger partial charge in [-0.3, -0.25) is 4.79 Å². The lowest BCUT2D eigenvalue weighted by Gasteiger charge is -2.23. The average Bonchev–Trinajstić information content (AvgIpc) is 2.37. The van der Waals surface area contributed by atoms with Crippen molar-refractivity contribution in [3.8, 4) is 5.75 Å². The molecule has 106 valence electrons. The molecule has 5 heteroatoms. The number of carbonyl (C=O) groups is 1. The Morgan fingerprint density at radius 1 is 1.42 bits per heavy atom. The largest absolute Gasteiger partial charge is 0.491 e. The number of nitrogens with two attached hydrogens (primary N) is 1. The number of benzene rings is 1. The number of nitrogens with one attached hydrogen (secondary N) is 1. The molecule has 0 aromatic heterocycles. The van der Waals surface area contributed by atoms with Crippen molar-refractivity contribution < 1.29 is 14.6 Å². The van der Waals surface area contributed by atoms with E-state index in [4.69, 9.17) is 10.5 Å². The van der Waals surface area contributed by atoms with E-state index in [-0.39, 0.29) is 31.0 Å². The number of amides is 1. The van der Waals surface area contributed by atoms with Gasteiger partial charge in [-0.15, -0.1) is 0 Å². The zero-order valence-electron chi connectivity index (χ0n) is 11.5. The molecule has 1 rings (SSSR count). The van der Waals surface area contributed by atoms with Gasteiger partial charge in [0.15, 0.2) is 0 Å². The summed E-state index contributed by atoms with van der Waals surface area (Å²) in [5.74, 6) is 0.296. The van der Waals surface area contributed by atoms with Crippen molar-refractivity contribution in [1.29, 1.82) is 0 Å². The summed E-state index contributed by atoms with van der Waals surface area (Å²) in [6.45, 7) is 4.93. The van der Waals surface area contributed by atoms with Crippen LogP contribution in [0.1, 0.15) is 20.3 Å². The van der Waals surface area contributed by atoms with Crippen LogP contribution >= 0.6 is 0 Å². The molecule has 0 aliphatic rings. The highest BCUT2D eigenvalue weighted by atomic mass is 16.5. The lowest BCUT2D eigenvalue weighted by molar-refractivity contribution is -0.118. The van der Waals surface area contributed by atoms with Gasteiger partial charge in [0.25, 0.3) is 0 Å². The van der Waals surface area contributed by atoms with Crippen LogP contribution in [0.2, 0.25) is 0 Å². The number of aliphatic hydroxyl groups is 1. The molecule has 0 spiro atoms. The molecule has 4 N–H and O–H groups in total. The molecule has 0 saturated heterocycles. The van der Waals surface area contributed by atoms with Crippen LogP contribution in [0, 0.1) is 5.41 Å². The van der Waals surface area contributed by atoms with E-state index in [0.29, 0.717) is 12.3 Å². The van der Waals surface area contributed by atoms with Gasteiger partial charge in [-0.05, 0) is 12.1 Å². The summed E-state index contributed by atoms with van der Waals surface area (Å²) in [7, 11) is 0. The molecule has 0 radical (unpaired) electrons. The minimum absolute atomic E-state index is 0.102. The summed E-state index contributed by atoms with van der Waals surface area (Å²) in [6, 6.07) is 7.49. The second kappa shape index (κ2) is 6.99. The van der Waals surface area contributed by atoms with Gasteiger partial charge >= 0.3 is 0 Å². The Morgan fingerprint density at radius 3 is 2.74 bits per heavy atom. The van der Waals surface area contributed by atoms with E-state index >= 15 is 0 Å². The van der Waals surface area contributed by atoms with Crippen LogP contribution < -0.4 is 15.8 Å². The molecule has 0 aliphatic heterocycles. The van der Waals surface area contributed by atoms with Crippen LogP contribution in [0.25, 0.3) is 0 Å². The SMILES string of the molecule is CC(C)(CO)CNc1ccccc1OCCC(N)=O. The normalized spacial score (nSPS) is 11.1. The van der Waals surface area contributed by atoms with Crippen LogP contribution in [0.3, 0.4) is 0 Å². The molecular weight excluding hydrogens is 244 g/mol. The van der Waals surface area contributed by atoms with E-state index in [9.17, 15) is 9.90 Å². The molecule has 0 fully saturated rings. The predicted octanol–water partition coefficient (Wildman–Crippen LogP) is 1.37. The van der Waals surface area contributed by atoms with Crippen LogP contribution in [-0.4, -0.2) is 30.8 Å². The number of hydrogen-bond acceptors (Lipinski definition) is 4. The fraction of sp³-hybridized carbons (Fsp3) is 0.500. The first-order valence-corrected chi connectivity index (χ1v) is 6.29. The summed E-state index contributed by atoms with van der Waals surface area (Å²) >= 11 is 0. The fourth-order valence-electron chi connectivity index (χ4n) is 1.39. The molecule has 1 amide bonds. The lowest BCUT2D eigenvalue weighted by atomic mass is 9.95. The van der Waals surface area contributed by atoms with Crippen LogP contribution in [-0.2, 0) is 4.79 Å². The average molecular weight is 266 g/mol. The summed E-state index contributed by atoms with van der Waals surface area (Å²) in [5, 5.41) is 12.5. The molecule has 0 bridgehead atoms. The fourth-order valence-corrected chi connectivity index (χ4v) is 1.39. The molecule has 5 nitrogen and oxygen atoms in total. The summed E-state index contributed by atoms with van der Waals surface area (Å²) in [4.78, 5) is 10.7. The monoisotopic (exact) mass is 266 g/mol. The maximum atomic E-state index is 10.7. The smallest absolute Gasteiger partial charge is 0.220 e. The Balaban J connectivity index is 2.60. The first-order chi connectivity index (χ1) is 8.94. The molecule has 0 atom stereocenters. The third kappa shape index (κ3) is 5.61. The second-order valence-electron chi connectivity index (χ2n) is 5.24. The maximum absolute atomic E-state index is 10.7. The van der Waals surface area contributed by atoms with Crippen molar-refractivity contribution in [2.24, 2.45) is 11.1 Å². The number of hydrogen-bond donors (Lipinski definition) is 3. The quantitative estimate of drug-likeness (QED) is 0.663. The Labute approximate surface area is 113 Å². The Morgan fingerprint density at radius 2 is 2.11 bits per heavy atom.